The predicted molar refractivity (Wildman–Crippen MR) is 227 cm³/mol. The molecular formula is C46H63ClN4O5S. The Kier molecular flexibility index (Phi) is 11.2. The maximum absolute atomic E-state index is 14.3. The number of nitrogens with zero attached hydrogens (tertiary/aromatic N) is 3. The molecule has 7 aliphatic rings. The molecule has 310 valence electrons. The topological polar surface area (TPSA) is 91.4 Å². The Labute approximate surface area is 345 Å². The van der Waals surface area contributed by atoms with Crippen LogP contribution >= 0.6 is 11.6 Å². The highest BCUT2D eigenvalue weighted by Gasteiger charge is 2.50. The number of piperazine rings is 1. The van der Waals surface area contributed by atoms with Crippen LogP contribution in [0.25, 0.3) is 0 Å². The molecule has 4 aliphatic heterocycles. The van der Waals surface area contributed by atoms with Crippen molar-refractivity contribution in [3.63, 3.8) is 0 Å². The summed E-state index contributed by atoms with van der Waals surface area (Å²) in [5, 5.41) is 0.0900. The van der Waals surface area contributed by atoms with Crippen molar-refractivity contribution >= 4 is 33.2 Å². The molecule has 0 unspecified atom stereocenters. The van der Waals surface area contributed by atoms with Crippen LogP contribution in [0, 0.1) is 23.7 Å². The third-order valence-corrected chi connectivity index (χ3v) is 17.7. The first-order valence-electron chi connectivity index (χ1n) is 22.1. The zero-order chi connectivity index (χ0) is 39.4. The Morgan fingerprint density at radius 1 is 0.982 bits per heavy atom. The molecule has 57 heavy (non-hydrogen) atoms. The van der Waals surface area contributed by atoms with Crippen molar-refractivity contribution in [1.29, 1.82) is 0 Å². The molecule has 9 nitrogen and oxygen atoms in total. The predicted octanol–water partition coefficient (Wildman–Crippen LogP) is 7.61. The van der Waals surface area contributed by atoms with Crippen molar-refractivity contribution in [2.75, 3.05) is 64.4 Å². The van der Waals surface area contributed by atoms with Crippen LogP contribution in [0.1, 0.15) is 105 Å². The number of ether oxygens (including phenoxy) is 2. The molecule has 4 heterocycles. The van der Waals surface area contributed by atoms with E-state index in [1.54, 1.807) is 6.07 Å². The fourth-order valence-corrected chi connectivity index (χ4v) is 13.9. The first kappa shape index (κ1) is 39.8. The number of anilines is 1. The molecule has 0 aromatic heterocycles. The molecule has 2 aromatic rings. The monoisotopic (exact) mass is 818 g/mol. The molecule has 7 atom stereocenters. The van der Waals surface area contributed by atoms with Crippen LogP contribution in [-0.4, -0.2) is 101 Å². The summed E-state index contributed by atoms with van der Waals surface area (Å²) in [6.45, 7) is 9.37. The first-order valence-corrected chi connectivity index (χ1v) is 24.0. The molecule has 0 radical (unpaired) electrons. The van der Waals surface area contributed by atoms with Gasteiger partial charge in [-0.25, -0.2) is 13.1 Å². The van der Waals surface area contributed by atoms with Crippen molar-refractivity contribution in [2.24, 2.45) is 23.7 Å². The molecule has 2 saturated carbocycles. The number of methoxy groups -OCH3 is 1. The Morgan fingerprint density at radius 3 is 2.65 bits per heavy atom. The summed E-state index contributed by atoms with van der Waals surface area (Å²) in [5.41, 5.74) is 3.03. The molecule has 2 bridgehead atoms. The minimum absolute atomic E-state index is 0.169. The highest BCUT2D eigenvalue weighted by molar-refractivity contribution is 7.90. The quantitative estimate of drug-likeness (QED) is 0.309. The van der Waals surface area contributed by atoms with Crippen LogP contribution < -0.4 is 14.4 Å². The Balaban J connectivity index is 1.11. The molecule has 4 fully saturated rings. The molecule has 11 heteroatoms. The van der Waals surface area contributed by atoms with Gasteiger partial charge >= 0.3 is 0 Å². The van der Waals surface area contributed by atoms with Gasteiger partial charge in [-0.1, -0.05) is 62.4 Å². The van der Waals surface area contributed by atoms with Gasteiger partial charge in [0.15, 0.2) is 0 Å². The number of amides is 1. The number of sulfonamides is 1. The van der Waals surface area contributed by atoms with Gasteiger partial charge in [-0.05, 0) is 129 Å². The number of allylic oxidation sites excluding steroid dienone is 1. The number of rotatable bonds is 5. The lowest BCUT2D eigenvalue weighted by molar-refractivity contribution is -0.100. The molecule has 3 aliphatic carbocycles. The van der Waals surface area contributed by atoms with E-state index in [0.717, 1.165) is 107 Å². The van der Waals surface area contributed by atoms with Gasteiger partial charge in [0.2, 0.25) is 10.0 Å². The molecule has 1 amide bonds. The standard InChI is InChI=1S/C46H63ClN4O5S/c1-32-8-6-20-46(55-2,30-49-22-23-50-21-4-3-12-38(50)28-49)40-16-13-36(40)27-51-29-45(19-7-11-34-25-37(47)15-17-39(34)45)31-56-42-18-14-35(26-41(42)51)44(52)48-57(53,54)43(32)24-33-9-5-10-33/h6,14-15,17-18,20,25-26,32-33,36,38,40,43H,3-5,7-13,16,19,21-24,27-31H2,1-2H3,(H,48,52)/b20-6+/t32-,36-,38+,40+,43+,45-,46+/m0/s1. The van der Waals surface area contributed by atoms with Gasteiger partial charge in [0, 0.05) is 68.4 Å². The zero-order valence-electron chi connectivity index (χ0n) is 34.1. The van der Waals surface area contributed by atoms with Crippen LogP contribution in [0.5, 0.6) is 5.75 Å². The molecule has 2 aromatic carbocycles. The Bertz CT molecular complexity index is 1960. The van der Waals surface area contributed by atoms with E-state index in [1.807, 2.05) is 32.2 Å². The molecule has 2 saturated heterocycles. The second-order valence-electron chi connectivity index (χ2n) is 19.0. The third kappa shape index (κ3) is 7.80. The van der Waals surface area contributed by atoms with E-state index >= 15 is 0 Å². The fourth-order valence-electron chi connectivity index (χ4n) is 11.9. The van der Waals surface area contributed by atoms with Crippen molar-refractivity contribution in [3.8, 4) is 5.75 Å². The fraction of sp³-hybridized carbons (Fsp3) is 0.674. The van der Waals surface area contributed by atoms with Gasteiger partial charge in [0.05, 0.1) is 17.5 Å². The number of carbonyl (C=O) groups excluding carboxylic acids is 1. The summed E-state index contributed by atoms with van der Waals surface area (Å²) in [4.78, 5) is 21.9. The normalized spacial score (nSPS) is 35.3. The second kappa shape index (κ2) is 16.1. The van der Waals surface area contributed by atoms with Crippen LogP contribution in [0.3, 0.4) is 0 Å². The number of carbonyl (C=O) groups is 1. The van der Waals surface area contributed by atoms with Crippen LogP contribution in [0.4, 0.5) is 5.69 Å². The number of aryl methyl sites for hydroxylation is 1. The lowest BCUT2D eigenvalue weighted by Crippen LogP contribution is -2.61. The van der Waals surface area contributed by atoms with Crippen molar-refractivity contribution < 1.29 is 22.7 Å². The van der Waals surface area contributed by atoms with Gasteiger partial charge in [0.25, 0.3) is 5.91 Å². The summed E-state index contributed by atoms with van der Waals surface area (Å²) >= 11 is 6.55. The summed E-state index contributed by atoms with van der Waals surface area (Å²) in [5.74, 6) is 1.02. The number of nitrogens with one attached hydrogen (secondary N) is 1. The first-order chi connectivity index (χ1) is 27.5. The smallest absolute Gasteiger partial charge is 0.264 e. The molecule has 9 rings (SSSR count). The highest BCUT2D eigenvalue weighted by atomic mass is 35.5. The van der Waals surface area contributed by atoms with Crippen LogP contribution in [0.15, 0.2) is 48.6 Å². The average Bonchev–Trinajstić information content (AvgIpc) is 3.31. The van der Waals surface area contributed by atoms with E-state index in [2.05, 4.69) is 43.7 Å². The molecule has 1 N–H and O–H groups in total. The minimum Gasteiger partial charge on any atom is -0.490 e. The van der Waals surface area contributed by atoms with Gasteiger partial charge < -0.3 is 14.4 Å². The average molecular weight is 820 g/mol. The summed E-state index contributed by atoms with van der Waals surface area (Å²) in [6, 6.07) is 12.5. The maximum atomic E-state index is 14.3. The van der Waals surface area contributed by atoms with Gasteiger partial charge in [-0.2, -0.15) is 0 Å². The number of benzene rings is 2. The van der Waals surface area contributed by atoms with Gasteiger partial charge in [-0.3, -0.25) is 14.6 Å². The minimum atomic E-state index is -3.98. The number of hydrogen-bond donors (Lipinski definition) is 1. The second-order valence-corrected chi connectivity index (χ2v) is 21.3. The number of piperidine rings is 1. The number of hydrogen-bond acceptors (Lipinski definition) is 8. The lowest BCUT2D eigenvalue weighted by atomic mass is 9.63. The zero-order valence-corrected chi connectivity index (χ0v) is 35.7. The van der Waals surface area contributed by atoms with Crippen LogP contribution in [-0.2, 0) is 26.6 Å². The highest BCUT2D eigenvalue weighted by Crippen LogP contribution is 2.49. The molecule has 1 spiro atoms. The summed E-state index contributed by atoms with van der Waals surface area (Å²) in [7, 11) is -2.08. The van der Waals surface area contributed by atoms with E-state index < -0.39 is 26.8 Å². The molecular weight excluding hydrogens is 756 g/mol. The van der Waals surface area contributed by atoms with E-state index in [4.69, 9.17) is 21.1 Å². The summed E-state index contributed by atoms with van der Waals surface area (Å²) in [6.07, 6.45) is 18.1. The van der Waals surface area contributed by atoms with Crippen molar-refractivity contribution in [2.45, 2.75) is 113 Å². The number of halogens is 1. The lowest BCUT2D eigenvalue weighted by Gasteiger charge is -2.53. The third-order valence-electron chi connectivity index (χ3n) is 15.5. The maximum Gasteiger partial charge on any atom is 0.264 e. The number of fused-ring (bicyclic) bond motifs is 5. The van der Waals surface area contributed by atoms with Crippen LogP contribution in [0.2, 0.25) is 5.02 Å². The Morgan fingerprint density at radius 2 is 1.86 bits per heavy atom. The van der Waals surface area contributed by atoms with Crippen molar-refractivity contribution in [3.05, 3.63) is 70.3 Å². The van der Waals surface area contributed by atoms with E-state index in [-0.39, 0.29) is 17.3 Å². The van der Waals surface area contributed by atoms with E-state index in [0.29, 0.717) is 42.9 Å². The van der Waals surface area contributed by atoms with E-state index in [9.17, 15) is 13.2 Å². The van der Waals surface area contributed by atoms with E-state index in [1.165, 1.54) is 36.9 Å². The SMILES string of the molecule is CO[C@@]1(CN2CCN3CCCC[C@@H]3C2)/C=C/C[C@H](C)[C@@H](CC2CCC2)S(=O)(=O)NC(=O)c2ccc3c(c2)N(C[C@@H]2CC[C@H]21)C[C@@]1(CCCc2cc(Cl)ccc21)CO3. The van der Waals surface area contributed by atoms with Gasteiger partial charge in [-0.15, -0.1) is 0 Å². The largest absolute Gasteiger partial charge is 0.490 e. The Hall–Kier alpha value is -2.63. The van der Waals surface area contributed by atoms with Gasteiger partial charge in [0.1, 0.15) is 11.4 Å². The van der Waals surface area contributed by atoms with Crippen molar-refractivity contribution in [1.82, 2.24) is 14.5 Å². The summed E-state index contributed by atoms with van der Waals surface area (Å²) < 4.78 is 44.8.